The van der Waals surface area contributed by atoms with Crippen LogP contribution in [-0.2, 0) is 0 Å². The predicted octanol–water partition coefficient (Wildman–Crippen LogP) is 4.60. The van der Waals surface area contributed by atoms with Crippen molar-refractivity contribution in [3.8, 4) is 0 Å². The minimum absolute atomic E-state index is 0.566. The molecule has 0 amide bonds. The summed E-state index contributed by atoms with van der Waals surface area (Å²) in [6, 6.07) is 9.35. The van der Waals surface area contributed by atoms with Gasteiger partial charge >= 0.3 is 0 Å². The normalized spacial score (nSPS) is 29.8. The van der Waals surface area contributed by atoms with Gasteiger partial charge in [0.2, 0.25) is 0 Å². The lowest BCUT2D eigenvalue weighted by molar-refractivity contribution is 0.152. The lowest BCUT2D eigenvalue weighted by Gasteiger charge is -2.36. The summed E-state index contributed by atoms with van der Waals surface area (Å²) in [6.07, 6.45) is 9.94. The molecule has 1 aromatic carbocycles. The van der Waals surface area contributed by atoms with E-state index >= 15 is 0 Å². The number of aromatic nitrogens is 2. The third-order valence-corrected chi connectivity index (χ3v) is 7.58. The summed E-state index contributed by atoms with van der Waals surface area (Å²) < 4.78 is 2.62. The Labute approximate surface area is 175 Å². The van der Waals surface area contributed by atoms with Crippen LogP contribution in [0.3, 0.4) is 0 Å². The van der Waals surface area contributed by atoms with Crippen LogP contribution in [0.2, 0.25) is 0 Å². The first-order valence-corrected chi connectivity index (χ1v) is 11.8. The summed E-state index contributed by atoms with van der Waals surface area (Å²) in [5.41, 5.74) is 2.51. The quantitative estimate of drug-likeness (QED) is 0.755. The van der Waals surface area contributed by atoms with Crippen molar-refractivity contribution in [1.29, 1.82) is 0 Å². The molecule has 4 atom stereocenters. The van der Waals surface area contributed by atoms with Crippen molar-refractivity contribution < 1.29 is 0 Å². The maximum Gasteiger partial charge on any atom is 0.114 e. The number of benzene rings is 1. The first-order valence-electron chi connectivity index (χ1n) is 11.8. The van der Waals surface area contributed by atoms with E-state index in [0.717, 1.165) is 30.8 Å². The van der Waals surface area contributed by atoms with Gasteiger partial charge in [-0.2, -0.15) is 0 Å². The summed E-state index contributed by atoms with van der Waals surface area (Å²) in [5, 5.41) is 3.54. The van der Waals surface area contributed by atoms with Gasteiger partial charge in [0.25, 0.3) is 0 Å². The third-order valence-electron chi connectivity index (χ3n) is 7.58. The van der Waals surface area contributed by atoms with Crippen molar-refractivity contribution in [3.05, 3.63) is 42.2 Å². The van der Waals surface area contributed by atoms with E-state index in [1.807, 2.05) is 0 Å². The van der Waals surface area contributed by atoms with E-state index in [1.54, 1.807) is 0 Å². The Balaban J connectivity index is 1.29. The minimum Gasteiger partial charge on any atom is -0.324 e. The molecule has 2 aromatic rings. The highest BCUT2D eigenvalue weighted by Gasteiger charge is 2.30. The molecule has 156 valence electrons. The van der Waals surface area contributed by atoms with Crippen molar-refractivity contribution in [1.82, 2.24) is 19.8 Å². The van der Waals surface area contributed by atoms with Gasteiger partial charge in [-0.15, -0.1) is 0 Å². The number of nitrogens with one attached hydrogen (secondary N) is 1. The van der Waals surface area contributed by atoms with Crippen molar-refractivity contribution in [2.24, 2.45) is 17.8 Å². The standard InChI is InChI=1S/C25H36N4/c1-18-7-8-20(15-18)19(2)17-28-13-10-22(11-14-28)29-24-6-4-3-5-23(24)27-25(29)21-9-12-26-16-21/h3-8,18-22,26H,9-17H2,1-2H3/t18?,19?,20?,21-/m1/s1. The summed E-state index contributed by atoms with van der Waals surface area (Å²) in [7, 11) is 0. The van der Waals surface area contributed by atoms with Crippen LogP contribution < -0.4 is 5.32 Å². The minimum atomic E-state index is 0.566. The van der Waals surface area contributed by atoms with Gasteiger partial charge < -0.3 is 14.8 Å². The SMILES string of the molecule is CC1C=CC(C(C)CN2CCC(n3c([C@@H]4CCNC4)nc4ccccc43)CC2)C1. The number of rotatable bonds is 5. The van der Waals surface area contributed by atoms with Crippen LogP contribution >= 0.6 is 0 Å². The second-order valence-electron chi connectivity index (χ2n) is 9.79. The summed E-state index contributed by atoms with van der Waals surface area (Å²) >= 11 is 0. The summed E-state index contributed by atoms with van der Waals surface area (Å²) in [4.78, 5) is 7.81. The van der Waals surface area contributed by atoms with E-state index in [1.165, 1.54) is 62.2 Å². The molecule has 3 aliphatic rings. The van der Waals surface area contributed by atoms with E-state index in [-0.39, 0.29) is 0 Å². The Hall–Kier alpha value is -1.65. The second kappa shape index (κ2) is 8.23. The molecule has 3 heterocycles. The van der Waals surface area contributed by atoms with Crippen LogP contribution in [0.15, 0.2) is 36.4 Å². The van der Waals surface area contributed by atoms with Gasteiger partial charge in [0, 0.05) is 38.1 Å². The molecule has 5 rings (SSSR count). The van der Waals surface area contributed by atoms with Crippen LogP contribution in [0.25, 0.3) is 11.0 Å². The highest BCUT2D eigenvalue weighted by Crippen LogP contribution is 2.35. The number of nitrogens with zero attached hydrogens (tertiary/aromatic N) is 3. The second-order valence-corrected chi connectivity index (χ2v) is 9.79. The number of likely N-dealkylation sites (tertiary alicyclic amines) is 1. The lowest BCUT2D eigenvalue weighted by atomic mass is 9.90. The molecule has 0 radical (unpaired) electrons. The van der Waals surface area contributed by atoms with Gasteiger partial charge in [-0.3, -0.25) is 0 Å². The van der Waals surface area contributed by atoms with Crippen LogP contribution in [-0.4, -0.2) is 47.2 Å². The number of fused-ring (bicyclic) bond motifs is 1. The zero-order chi connectivity index (χ0) is 19.8. The number of hydrogen-bond donors (Lipinski definition) is 1. The first kappa shape index (κ1) is 19.3. The van der Waals surface area contributed by atoms with E-state index in [2.05, 4.69) is 65.0 Å². The molecule has 1 aromatic heterocycles. The van der Waals surface area contributed by atoms with Crippen LogP contribution in [0.1, 0.15) is 57.3 Å². The fraction of sp³-hybridized carbons (Fsp3) is 0.640. The van der Waals surface area contributed by atoms with Gasteiger partial charge in [0.05, 0.1) is 11.0 Å². The Kier molecular flexibility index (Phi) is 5.49. The average molecular weight is 393 g/mol. The summed E-state index contributed by atoms with van der Waals surface area (Å²) in [6.45, 7) is 10.7. The molecular weight excluding hydrogens is 356 g/mol. The number of imidazole rings is 1. The molecule has 2 saturated heterocycles. The van der Waals surface area contributed by atoms with Crippen molar-refractivity contribution in [2.75, 3.05) is 32.7 Å². The van der Waals surface area contributed by atoms with Gasteiger partial charge in [0.1, 0.15) is 5.82 Å². The summed E-state index contributed by atoms with van der Waals surface area (Å²) in [5.74, 6) is 4.21. The van der Waals surface area contributed by atoms with Gasteiger partial charge in [-0.25, -0.2) is 4.98 Å². The number of para-hydroxylation sites is 2. The molecule has 0 bridgehead atoms. The molecule has 0 spiro atoms. The number of piperidine rings is 1. The largest absolute Gasteiger partial charge is 0.324 e. The van der Waals surface area contributed by atoms with E-state index < -0.39 is 0 Å². The van der Waals surface area contributed by atoms with E-state index in [9.17, 15) is 0 Å². The zero-order valence-corrected chi connectivity index (χ0v) is 18.1. The molecule has 29 heavy (non-hydrogen) atoms. The van der Waals surface area contributed by atoms with Crippen LogP contribution in [0, 0.1) is 17.8 Å². The first-order chi connectivity index (χ1) is 14.2. The number of allylic oxidation sites excluding steroid dienone is 2. The smallest absolute Gasteiger partial charge is 0.114 e. The van der Waals surface area contributed by atoms with E-state index in [0.29, 0.717) is 12.0 Å². The Morgan fingerprint density at radius 2 is 1.97 bits per heavy atom. The molecule has 2 aliphatic heterocycles. The monoisotopic (exact) mass is 392 g/mol. The van der Waals surface area contributed by atoms with Crippen LogP contribution in [0.4, 0.5) is 0 Å². The van der Waals surface area contributed by atoms with Gasteiger partial charge in [-0.05, 0) is 62.1 Å². The Bertz CT molecular complexity index is 855. The lowest BCUT2D eigenvalue weighted by Crippen LogP contribution is -2.38. The topological polar surface area (TPSA) is 33.1 Å². The van der Waals surface area contributed by atoms with Crippen LogP contribution in [0.5, 0.6) is 0 Å². The Morgan fingerprint density at radius 3 is 2.69 bits per heavy atom. The maximum absolute atomic E-state index is 5.10. The number of hydrogen-bond acceptors (Lipinski definition) is 3. The fourth-order valence-corrected chi connectivity index (χ4v) is 5.85. The average Bonchev–Trinajstić information content (AvgIpc) is 3.47. The molecule has 2 fully saturated rings. The molecule has 4 nitrogen and oxygen atoms in total. The maximum atomic E-state index is 5.10. The highest BCUT2D eigenvalue weighted by molar-refractivity contribution is 5.76. The van der Waals surface area contributed by atoms with E-state index in [4.69, 9.17) is 4.98 Å². The van der Waals surface area contributed by atoms with Crippen molar-refractivity contribution in [3.63, 3.8) is 0 Å². The molecule has 3 unspecified atom stereocenters. The predicted molar refractivity (Wildman–Crippen MR) is 120 cm³/mol. The molecule has 4 heteroatoms. The fourth-order valence-electron chi connectivity index (χ4n) is 5.85. The van der Waals surface area contributed by atoms with Crippen molar-refractivity contribution >= 4 is 11.0 Å². The molecule has 0 saturated carbocycles. The third kappa shape index (κ3) is 3.89. The zero-order valence-electron chi connectivity index (χ0n) is 18.1. The Morgan fingerprint density at radius 1 is 1.14 bits per heavy atom. The van der Waals surface area contributed by atoms with Gasteiger partial charge in [0.15, 0.2) is 0 Å². The van der Waals surface area contributed by atoms with Crippen molar-refractivity contribution in [2.45, 2.75) is 51.5 Å². The molecule has 1 aliphatic carbocycles. The molecular formula is C25H36N4. The highest BCUT2D eigenvalue weighted by atomic mass is 15.2. The van der Waals surface area contributed by atoms with Gasteiger partial charge in [-0.1, -0.05) is 38.1 Å². The molecule has 1 N–H and O–H groups in total.